The second kappa shape index (κ2) is 13.0. The molecular weight excluding hydrogens is 444 g/mol. The van der Waals surface area contributed by atoms with Crippen LogP contribution in [0.25, 0.3) is 0 Å². The van der Waals surface area contributed by atoms with Gasteiger partial charge in [0.1, 0.15) is 11.8 Å². The molecule has 0 aliphatic rings. The number of aryl methyl sites for hydroxylation is 1. The standard InChI is InChI=1S/C28H40N2O5/c1-8-34-24-15-13-21(18-25(24)35-9-2)14-16-26(31)30(20(3)27(32)29-28(4,5)6)19-22-11-10-12-23(17-22)33-7/h10-13,15,17-18,20H,8-9,14,16,19H2,1-7H3,(H,29,32)/t20-/m1/s1. The van der Waals surface area contributed by atoms with Crippen LogP contribution in [-0.4, -0.2) is 48.6 Å². The van der Waals surface area contributed by atoms with Gasteiger partial charge in [-0.2, -0.15) is 0 Å². The molecule has 1 atom stereocenters. The van der Waals surface area contributed by atoms with Crippen LogP contribution < -0.4 is 19.5 Å². The van der Waals surface area contributed by atoms with Crippen LogP contribution in [0.2, 0.25) is 0 Å². The minimum absolute atomic E-state index is 0.101. The molecule has 35 heavy (non-hydrogen) atoms. The SMILES string of the molecule is CCOc1ccc(CCC(=O)N(Cc2cccc(OC)c2)[C@H](C)C(=O)NC(C)(C)C)cc1OCC. The number of nitrogens with one attached hydrogen (secondary N) is 1. The summed E-state index contributed by atoms with van der Waals surface area (Å²) >= 11 is 0. The molecule has 1 N–H and O–H groups in total. The molecule has 7 heteroatoms. The summed E-state index contributed by atoms with van der Waals surface area (Å²) in [6, 6.07) is 12.7. The molecule has 0 fully saturated rings. The number of nitrogens with zero attached hydrogens (tertiary/aromatic N) is 1. The maximum atomic E-state index is 13.4. The first-order chi connectivity index (χ1) is 16.6. The lowest BCUT2D eigenvalue weighted by Crippen LogP contribution is -2.52. The third-order valence-electron chi connectivity index (χ3n) is 5.39. The van der Waals surface area contributed by atoms with Crippen molar-refractivity contribution in [2.45, 2.75) is 72.5 Å². The molecule has 0 aliphatic heterocycles. The van der Waals surface area contributed by atoms with Crippen LogP contribution in [0.5, 0.6) is 17.2 Å². The molecule has 2 aromatic carbocycles. The van der Waals surface area contributed by atoms with E-state index in [9.17, 15) is 9.59 Å². The fourth-order valence-electron chi connectivity index (χ4n) is 3.67. The summed E-state index contributed by atoms with van der Waals surface area (Å²) in [5, 5.41) is 2.99. The molecule has 0 unspecified atom stereocenters. The van der Waals surface area contributed by atoms with Gasteiger partial charge in [0.15, 0.2) is 11.5 Å². The third-order valence-corrected chi connectivity index (χ3v) is 5.39. The van der Waals surface area contributed by atoms with Crippen molar-refractivity contribution in [2.24, 2.45) is 0 Å². The number of rotatable bonds is 12. The Morgan fingerprint density at radius 3 is 2.29 bits per heavy atom. The summed E-state index contributed by atoms with van der Waals surface area (Å²) in [7, 11) is 1.61. The van der Waals surface area contributed by atoms with E-state index in [-0.39, 0.29) is 18.2 Å². The number of carbonyl (C=O) groups excluding carboxylic acids is 2. The van der Waals surface area contributed by atoms with Crippen molar-refractivity contribution < 1.29 is 23.8 Å². The van der Waals surface area contributed by atoms with Gasteiger partial charge in [-0.05, 0) is 83.4 Å². The third kappa shape index (κ3) is 8.81. The molecule has 2 rings (SSSR count). The highest BCUT2D eigenvalue weighted by Crippen LogP contribution is 2.29. The maximum absolute atomic E-state index is 13.4. The molecule has 7 nitrogen and oxygen atoms in total. The minimum Gasteiger partial charge on any atom is -0.497 e. The molecule has 0 saturated carbocycles. The molecule has 2 aromatic rings. The minimum atomic E-state index is -0.632. The van der Waals surface area contributed by atoms with Crippen LogP contribution in [0.15, 0.2) is 42.5 Å². The molecule has 0 aromatic heterocycles. The zero-order valence-electron chi connectivity index (χ0n) is 22.1. The number of benzene rings is 2. The van der Waals surface area contributed by atoms with E-state index < -0.39 is 11.6 Å². The van der Waals surface area contributed by atoms with Crippen molar-refractivity contribution in [3.63, 3.8) is 0 Å². The van der Waals surface area contributed by atoms with E-state index in [1.807, 2.05) is 77.1 Å². The van der Waals surface area contributed by atoms with Crippen LogP contribution in [-0.2, 0) is 22.6 Å². The Bertz CT molecular complexity index is 984. The molecule has 0 heterocycles. The lowest BCUT2D eigenvalue weighted by molar-refractivity contribution is -0.141. The van der Waals surface area contributed by atoms with Gasteiger partial charge in [-0.1, -0.05) is 18.2 Å². The zero-order valence-corrected chi connectivity index (χ0v) is 22.1. The van der Waals surface area contributed by atoms with Crippen molar-refractivity contribution in [2.75, 3.05) is 20.3 Å². The van der Waals surface area contributed by atoms with Crippen molar-refractivity contribution in [1.82, 2.24) is 10.2 Å². The second-order valence-corrected chi connectivity index (χ2v) is 9.44. The van der Waals surface area contributed by atoms with E-state index in [1.54, 1.807) is 18.9 Å². The molecule has 0 aliphatic carbocycles. The monoisotopic (exact) mass is 484 g/mol. The van der Waals surface area contributed by atoms with Gasteiger partial charge in [0.05, 0.1) is 20.3 Å². The Labute approximate surface area is 209 Å². The fourth-order valence-corrected chi connectivity index (χ4v) is 3.67. The highest BCUT2D eigenvalue weighted by Gasteiger charge is 2.28. The molecule has 0 bridgehead atoms. The van der Waals surface area contributed by atoms with Crippen LogP contribution in [0.3, 0.4) is 0 Å². The smallest absolute Gasteiger partial charge is 0.242 e. The Morgan fingerprint density at radius 2 is 1.66 bits per heavy atom. The maximum Gasteiger partial charge on any atom is 0.242 e. The van der Waals surface area contributed by atoms with E-state index in [2.05, 4.69) is 5.32 Å². The number of methoxy groups -OCH3 is 1. The van der Waals surface area contributed by atoms with Gasteiger partial charge in [-0.25, -0.2) is 0 Å². The van der Waals surface area contributed by atoms with Crippen LogP contribution in [0, 0.1) is 0 Å². The Morgan fingerprint density at radius 1 is 0.971 bits per heavy atom. The number of carbonyl (C=O) groups is 2. The Kier molecular flexibility index (Phi) is 10.4. The van der Waals surface area contributed by atoms with Crippen LogP contribution >= 0.6 is 0 Å². The first kappa shape index (κ1) is 28.0. The molecule has 2 amide bonds. The average Bonchev–Trinajstić information content (AvgIpc) is 2.81. The van der Waals surface area contributed by atoms with E-state index in [0.29, 0.717) is 43.4 Å². The van der Waals surface area contributed by atoms with Crippen molar-refractivity contribution in [3.05, 3.63) is 53.6 Å². The van der Waals surface area contributed by atoms with Crippen molar-refractivity contribution in [3.8, 4) is 17.2 Å². The Balaban J connectivity index is 2.22. The normalized spacial score (nSPS) is 12.0. The number of hydrogen-bond acceptors (Lipinski definition) is 5. The Hall–Kier alpha value is -3.22. The van der Waals surface area contributed by atoms with Gasteiger partial charge in [-0.3, -0.25) is 9.59 Å². The van der Waals surface area contributed by atoms with Gasteiger partial charge in [0.2, 0.25) is 11.8 Å². The van der Waals surface area contributed by atoms with E-state index >= 15 is 0 Å². The largest absolute Gasteiger partial charge is 0.497 e. The molecular formula is C28H40N2O5. The lowest BCUT2D eigenvalue weighted by Gasteiger charge is -2.31. The number of hydrogen-bond donors (Lipinski definition) is 1. The number of ether oxygens (including phenoxy) is 3. The summed E-state index contributed by atoms with van der Waals surface area (Å²) in [5.74, 6) is 1.78. The van der Waals surface area contributed by atoms with Crippen LogP contribution in [0.4, 0.5) is 0 Å². The van der Waals surface area contributed by atoms with E-state index in [1.165, 1.54) is 0 Å². The summed E-state index contributed by atoms with van der Waals surface area (Å²) in [6.07, 6.45) is 0.782. The van der Waals surface area contributed by atoms with Gasteiger partial charge in [0, 0.05) is 18.5 Å². The topological polar surface area (TPSA) is 77.1 Å². The predicted octanol–water partition coefficient (Wildman–Crippen LogP) is 4.76. The number of amides is 2. The highest BCUT2D eigenvalue weighted by atomic mass is 16.5. The molecule has 192 valence electrons. The van der Waals surface area contributed by atoms with Gasteiger partial charge in [-0.15, -0.1) is 0 Å². The molecule has 0 radical (unpaired) electrons. The van der Waals surface area contributed by atoms with E-state index in [0.717, 1.165) is 11.1 Å². The first-order valence-corrected chi connectivity index (χ1v) is 12.2. The second-order valence-electron chi connectivity index (χ2n) is 9.44. The summed E-state index contributed by atoms with van der Waals surface area (Å²) in [4.78, 5) is 28.0. The van der Waals surface area contributed by atoms with Crippen molar-refractivity contribution in [1.29, 1.82) is 0 Å². The van der Waals surface area contributed by atoms with Crippen molar-refractivity contribution >= 4 is 11.8 Å². The highest BCUT2D eigenvalue weighted by molar-refractivity contribution is 5.87. The quantitative estimate of drug-likeness (QED) is 0.470. The first-order valence-electron chi connectivity index (χ1n) is 12.2. The van der Waals surface area contributed by atoms with Gasteiger partial charge in [0.25, 0.3) is 0 Å². The van der Waals surface area contributed by atoms with Gasteiger partial charge < -0.3 is 24.4 Å². The summed E-state index contributed by atoms with van der Waals surface area (Å²) in [5.41, 5.74) is 1.47. The lowest BCUT2D eigenvalue weighted by atomic mass is 10.1. The van der Waals surface area contributed by atoms with Gasteiger partial charge >= 0.3 is 0 Å². The summed E-state index contributed by atoms with van der Waals surface area (Å²) in [6.45, 7) is 12.8. The zero-order chi connectivity index (χ0) is 26.0. The fraction of sp³-hybridized carbons (Fsp3) is 0.500. The van der Waals surface area contributed by atoms with E-state index in [4.69, 9.17) is 14.2 Å². The summed E-state index contributed by atoms with van der Waals surface area (Å²) < 4.78 is 16.7. The average molecular weight is 485 g/mol. The molecule has 0 spiro atoms. The predicted molar refractivity (Wildman–Crippen MR) is 138 cm³/mol. The molecule has 0 saturated heterocycles. The van der Waals surface area contributed by atoms with Crippen LogP contribution in [0.1, 0.15) is 59.1 Å².